The van der Waals surface area contributed by atoms with Crippen molar-refractivity contribution in [2.45, 2.75) is 65.7 Å². The van der Waals surface area contributed by atoms with Crippen molar-refractivity contribution in [1.29, 1.82) is 0 Å². The average Bonchev–Trinajstić information content (AvgIpc) is 2.44. The predicted octanol–water partition coefficient (Wildman–Crippen LogP) is 2.82. The van der Waals surface area contributed by atoms with Crippen molar-refractivity contribution in [3.63, 3.8) is 0 Å². The fraction of sp³-hybridized carbons (Fsp3) is 0.882. The van der Waals surface area contributed by atoms with E-state index in [0.29, 0.717) is 26.4 Å². The molecule has 0 aromatic carbocycles. The lowest BCUT2D eigenvalue weighted by Gasteiger charge is -2.37. The van der Waals surface area contributed by atoms with Crippen molar-refractivity contribution in [2.75, 3.05) is 32.9 Å². The van der Waals surface area contributed by atoms with Crippen LogP contribution in [0.3, 0.4) is 0 Å². The van der Waals surface area contributed by atoms with Gasteiger partial charge in [0.05, 0.1) is 19.8 Å². The highest BCUT2D eigenvalue weighted by atomic mass is 28.4. The highest BCUT2D eigenvalue weighted by Crippen LogP contribution is 2.36. The van der Waals surface area contributed by atoms with Gasteiger partial charge in [0.1, 0.15) is 6.04 Å². The fourth-order valence-corrected chi connectivity index (χ4v) is 2.86. The van der Waals surface area contributed by atoms with Crippen LogP contribution in [0.4, 0.5) is 0 Å². The monoisotopic (exact) mass is 361 g/mol. The number of carbonyl (C=O) groups excluding carboxylic acids is 2. The molecule has 0 bridgehead atoms. The molecule has 0 aromatic heterocycles. The molecule has 0 fully saturated rings. The minimum Gasteiger partial charge on any atom is -0.465 e. The van der Waals surface area contributed by atoms with Crippen molar-refractivity contribution < 1.29 is 23.5 Å². The van der Waals surface area contributed by atoms with Crippen LogP contribution in [0, 0.1) is 0 Å². The molecule has 0 radical (unpaired) electrons. The van der Waals surface area contributed by atoms with Crippen LogP contribution in [0.1, 0.15) is 41.5 Å². The Morgan fingerprint density at radius 3 is 2.08 bits per heavy atom. The van der Waals surface area contributed by atoms with Gasteiger partial charge in [0.25, 0.3) is 0 Å². The van der Waals surface area contributed by atoms with E-state index in [-0.39, 0.29) is 23.5 Å². The summed E-state index contributed by atoms with van der Waals surface area (Å²) < 4.78 is 16.2. The topological polar surface area (TPSA) is 65.1 Å². The molecule has 0 unspecified atom stereocenters. The summed E-state index contributed by atoms with van der Waals surface area (Å²) in [5.41, 5.74) is 0. The van der Waals surface area contributed by atoms with E-state index in [0.717, 1.165) is 0 Å². The molecule has 7 heteroatoms. The van der Waals surface area contributed by atoms with Crippen LogP contribution in [-0.2, 0) is 23.5 Å². The molecule has 6 nitrogen and oxygen atoms in total. The summed E-state index contributed by atoms with van der Waals surface area (Å²) in [6.45, 7) is 17.8. The number of hydrogen-bond acceptors (Lipinski definition) is 6. The van der Waals surface area contributed by atoms with E-state index in [2.05, 4.69) is 33.9 Å². The minimum atomic E-state index is -1.86. The maximum absolute atomic E-state index is 12.0. The van der Waals surface area contributed by atoms with Crippen LogP contribution >= 0.6 is 0 Å². The number of ether oxygens (including phenoxy) is 2. The molecule has 0 aliphatic carbocycles. The summed E-state index contributed by atoms with van der Waals surface area (Å²) in [5, 5.41) is 0.117. The van der Waals surface area contributed by atoms with Gasteiger partial charge in [-0.1, -0.05) is 20.8 Å². The van der Waals surface area contributed by atoms with Crippen molar-refractivity contribution in [2.24, 2.45) is 0 Å². The SMILES string of the molecule is CCOC(=O)CN(CCO[Si](C)(C)C(C)(C)C)[C@@H](C)C(=O)OCC. The zero-order valence-corrected chi connectivity index (χ0v) is 17.6. The molecule has 1 atom stereocenters. The van der Waals surface area contributed by atoms with Gasteiger partial charge in [-0.25, -0.2) is 0 Å². The van der Waals surface area contributed by atoms with E-state index < -0.39 is 14.4 Å². The van der Waals surface area contributed by atoms with Gasteiger partial charge in [-0.3, -0.25) is 14.5 Å². The second kappa shape index (κ2) is 10.2. The summed E-state index contributed by atoms with van der Waals surface area (Å²) in [7, 11) is -1.86. The lowest BCUT2D eigenvalue weighted by Crippen LogP contribution is -2.47. The number of carbonyl (C=O) groups is 2. The molecular formula is C17H35NO5Si. The Bertz CT molecular complexity index is 406. The maximum Gasteiger partial charge on any atom is 0.323 e. The predicted molar refractivity (Wildman–Crippen MR) is 97.5 cm³/mol. The summed E-state index contributed by atoms with van der Waals surface area (Å²) in [4.78, 5) is 25.6. The minimum absolute atomic E-state index is 0.0503. The van der Waals surface area contributed by atoms with Crippen molar-refractivity contribution >= 4 is 20.3 Å². The summed E-state index contributed by atoms with van der Waals surface area (Å²) in [5.74, 6) is -0.685. The molecule has 0 amide bonds. The fourth-order valence-electron chi connectivity index (χ4n) is 1.83. The molecule has 0 saturated heterocycles. The third kappa shape index (κ3) is 7.77. The molecule has 24 heavy (non-hydrogen) atoms. The van der Waals surface area contributed by atoms with Gasteiger partial charge >= 0.3 is 11.9 Å². The molecule has 142 valence electrons. The molecule has 0 aliphatic rings. The molecular weight excluding hydrogens is 326 g/mol. The van der Waals surface area contributed by atoms with Crippen LogP contribution in [-0.4, -0.2) is 64.1 Å². The van der Waals surface area contributed by atoms with Crippen molar-refractivity contribution in [1.82, 2.24) is 4.90 Å². The Hall–Kier alpha value is -0.923. The van der Waals surface area contributed by atoms with Gasteiger partial charge in [-0.05, 0) is 38.9 Å². The van der Waals surface area contributed by atoms with E-state index in [1.807, 2.05) is 0 Å². The normalized spacial score (nSPS) is 13.7. The Labute approximate surface area is 148 Å². The number of nitrogens with zero attached hydrogens (tertiary/aromatic N) is 1. The first-order chi connectivity index (χ1) is 11.0. The van der Waals surface area contributed by atoms with Gasteiger partial charge in [0.2, 0.25) is 0 Å². The largest absolute Gasteiger partial charge is 0.465 e. The smallest absolute Gasteiger partial charge is 0.323 e. The second-order valence-corrected chi connectivity index (χ2v) is 12.1. The summed E-state index contributed by atoms with van der Waals surface area (Å²) in [6.07, 6.45) is 0. The molecule has 0 N–H and O–H groups in total. The van der Waals surface area contributed by atoms with Gasteiger partial charge < -0.3 is 13.9 Å². The number of rotatable bonds is 10. The Kier molecular flexibility index (Phi) is 9.76. The quantitative estimate of drug-likeness (QED) is 0.440. The van der Waals surface area contributed by atoms with Gasteiger partial charge in [0, 0.05) is 13.2 Å². The molecule has 0 saturated carbocycles. The van der Waals surface area contributed by atoms with E-state index in [1.165, 1.54) is 0 Å². The first kappa shape index (κ1) is 23.1. The first-order valence-electron chi connectivity index (χ1n) is 8.66. The van der Waals surface area contributed by atoms with E-state index in [9.17, 15) is 9.59 Å². The zero-order chi connectivity index (χ0) is 19.0. The highest BCUT2D eigenvalue weighted by Gasteiger charge is 2.37. The molecule has 0 heterocycles. The van der Waals surface area contributed by atoms with Crippen molar-refractivity contribution in [3.8, 4) is 0 Å². The molecule has 0 spiro atoms. The first-order valence-corrected chi connectivity index (χ1v) is 11.6. The maximum atomic E-state index is 12.0. The lowest BCUT2D eigenvalue weighted by atomic mass is 10.2. The molecule has 0 aliphatic heterocycles. The van der Waals surface area contributed by atoms with Crippen molar-refractivity contribution in [3.05, 3.63) is 0 Å². The van der Waals surface area contributed by atoms with Gasteiger partial charge in [-0.2, -0.15) is 0 Å². The van der Waals surface area contributed by atoms with Crippen LogP contribution in [0.15, 0.2) is 0 Å². The van der Waals surface area contributed by atoms with Crippen LogP contribution in [0.25, 0.3) is 0 Å². The molecule has 0 rings (SSSR count). The van der Waals surface area contributed by atoms with Gasteiger partial charge in [0.15, 0.2) is 8.32 Å². The zero-order valence-electron chi connectivity index (χ0n) is 16.6. The number of hydrogen-bond donors (Lipinski definition) is 0. The summed E-state index contributed by atoms with van der Waals surface area (Å²) >= 11 is 0. The van der Waals surface area contributed by atoms with E-state index in [4.69, 9.17) is 13.9 Å². The average molecular weight is 362 g/mol. The molecule has 0 aromatic rings. The standard InChI is InChI=1S/C17H35NO5Si/c1-9-21-15(19)13-18(14(3)16(20)22-10-2)11-12-23-24(7,8)17(4,5)6/h14H,9-13H2,1-8H3/t14-/m0/s1. The second-order valence-electron chi connectivity index (χ2n) is 7.31. The summed E-state index contributed by atoms with van der Waals surface area (Å²) in [6, 6.07) is -0.516. The van der Waals surface area contributed by atoms with Crippen LogP contribution in [0.2, 0.25) is 18.1 Å². The highest BCUT2D eigenvalue weighted by molar-refractivity contribution is 6.74. The third-order valence-electron chi connectivity index (χ3n) is 4.46. The lowest BCUT2D eigenvalue weighted by molar-refractivity contribution is -0.152. The van der Waals surface area contributed by atoms with E-state index >= 15 is 0 Å². The third-order valence-corrected chi connectivity index (χ3v) is 9.00. The van der Waals surface area contributed by atoms with Gasteiger partial charge in [-0.15, -0.1) is 0 Å². The van der Waals surface area contributed by atoms with Crippen LogP contribution < -0.4 is 0 Å². The Morgan fingerprint density at radius 1 is 1.08 bits per heavy atom. The Morgan fingerprint density at radius 2 is 1.62 bits per heavy atom. The van der Waals surface area contributed by atoms with E-state index in [1.54, 1.807) is 25.7 Å². The number of esters is 2. The van der Waals surface area contributed by atoms with Crippen LogP contribution in [0.5, 0.6) is 0 Å². The Balaban J connectivity index is 4.82.